The summed E-state index contributed by atoms with van der Waals surface area (Å²) in [5.41, 5.74) is 1.91. The van der Waals surface area contributed by atoms with E-state index in [9.17, 15) is 9.18 Å². The lowest BCUT2D eigenvalue weighted by atomic mass is 10.2. The second-order valence-corrected chi connectivity index (χ2v) is 6.22. The minimum atomic E-state index is -0.281. The minimum absolute atomic E-state index is 0.146. The van der Waals surface area contributed by atoms with Crippen molar-refractivity contribution in [2.45, 2.75) is 6.42 Å². The van der Waals surface area contributed by atoms with Crippen molar-refractivity contribution < 1.29 is 13.9 Å². The van der Waals surface area contributed by atoms with E-state index in [4.69, 9.17) is 4.74 Å². The quantitative estimate of drug-likeness (QED) is 0.728. The molecule has 1 aromatic heterocycles. The number of methoxy groups -OCH3 is 1. The lowest BCUT2D eigenvalue weighted by Gasteiger charge is -2.05. The summed E-state index contributed by atoms with van der Waals surface area (Å²) in [6, 6.07) is 13.5. The largest absolute Gasteiger partial charge is 0.497 e. The molecule has 0 aliphatic rings. The Bertz CT molecular complexity index is 862. The fraction of sp³-hybridized carbons (Fsp3) is 0.158. The normalized spacial score (nSPS) is 10.5. The van der Waals surface area contributed by atoms with Crippen LogP contribution in [-0.4, -0.2) is 24.5 Å². The first-order valence-electron chi connectivity index (χ1n) is 7.79. The average Bonchev–Trinajstić information content (AvgIpc) is 3.10. The minimum Gasteiger partial charge on any atom is -0.497 e. The van der Waals surface area contributed by atoms with Crippen LogP contribution in [-0.2, 0) is 6.42 Å². The predicted molar refractivity (Wildman–Crippen MR) is 96.5 cm³/mol. The molecule has 0 bridgehead atoms. The van der Waals surface area contributed by atoms with E-state index in [1.54, 1.807) is 49.6 Å². The van der Waals surface area contributed by atoms with Gasteiger partial charge in [0.15, 0.2) is 0 Å². The van der Waals surface area contributed by atoms with Crippen molar-refractivity contribution in [1.29, 1.82) is 0 Å². The number of nitrogens with zero attached hydrogens (tertiary/aromatic N) is 1. The van der Waals surface area contributed by atoms with Crippen LogP contribution in [0, 0.1) is 5.82 Å². The maximum absolute atomic E-state index is 13.8. The van der Waals surface area contributed by atoms with Crippen LogP contribution in [0.25, 0.3) is 10.6 Å². The van der Waals surface area contributed by atoms with E-state index >= 15 is 0 Å². The first kappa shape index (κ1) is 17.1. The molecule has 0 fully saturated rings. The third kappa shape index (κ3) is 4.22. The van der Waals surface area contributed by atoms with Gasteiger partial charge in [0.05, 0.1) is 12.8 Å². The van der Waals surface area contributed by atoms with Gasteiger partial charge in [-0.15, -0.1) is 11.3 Å². The molecule has 1 amide bonds. The molecule has 4 nitrogen and oxygen atoms in total. The zero-order valence-electron chi connectivity index (χ0n) is 13.7. The number of aromatic nitrogens is 1. The van der Waals surface area contributed by atoms with E-state index in [1.807, 2.05) is 5.38 Å². The van der Waals surface area contributed by atoms with Crippen LogP contribution in [0.15, 0.2) is 53.9 Å². The van der Waals surface area contributed by atoms with E-state index in [1.165, 1.54) is 17.4 Å². The van der Waals surface area contributed by atoms with Crippen molar-refractivity contribution in [2.75, 3.05) is 13.7 Å². The standard InChI is InChI=1S/C19H17FN2O2S/c1-24-15-8-6-13(7-9-15)18(23)21-11-10-14-12-25-19(22-14)16-4-2-3-5-17(16)20/h2-9,12H,10-11H2,1H3,(H,21,23). The first-order valence-corrected chi connectivity index (χ1v) is 8.67. The number of amides is 1. The number of thiazole rings is 1. The Kier molecular flexibility index (Phi) is 5.40. The van der Waals surface area contributed by atoms with Gasteiger partial charge in [0.25, 0.3) is 5.91 Å². The first-order chi connectivity index (χ1) is 12.2. The second kappa shape index (κ2) is 7.90. The molecular formula is C19H17FN2O2S. The molecule has 1 heterocycles. The van der Waals surface area contributed by atoms with Gasteiger partial charge in [-0.1, -0.05) is 12.1 Å². The summed E-state index contributed by atoms with van der Waals surface area (Å²) in [6.45, 7) is 0.464. The van der Waals surface area contributed by atoms with E-state index in [0.717, 1.165) is 5.69 Å². The third-order valence-electron chi connectivity index (χ3n) is 3.67. The van der Waals surface area contributed by atoms with E-state index in [2.05, 4.69) is 10.3 Å². The van der Waals surface area contributed by atoms with Crippen LogP contribution in [0.2, 0.25) is 0 Å². The third-order valence-corrected chi connectivity index (χ3v) is 4.60. The molecule has 0 radical (unpaired) electrons. The average molecular weight is 356 g/mol. The van der Waals surface area contributed by atoms with Gasteiger partial charge >= 0.3 is 0 Å². The highest BCUT2D eigenvalue weighted by Crippen LogP contribution is 2.26. The smallest absolute Gasteiger partial charge is 0.251 e. The van der Waals surface area contributed by atoms with Crippen molar-refractivity contribution in [3.8, 4) is 16.3 Å². The summed E-state index contributed by atoms with van der Waals surface area (Å²) in [6.07, 6.45) is 0.590. The highest BCUT2D eigenvalue weighted by molar-refractivity contribution is 7.13. The van der Waals surface area contributed by atoms with Crippen LogP contribution >= 0.6 is 11.3 Å². The van der Waals surface area contributed by atoms with Crippen molar-refractivity contribution in [3.05, 3.63) is 71.0 Å². The summed E-state index contributed by atoms with van der Waals surface area (Å²) in [5.74, 6) is 0.281. The predicted octanol–water partition coefficient (Wildman–Crippen LogP) is 3.93. The number of carbonyl (C=O) groups excluding carboxylic acids is 1. The molecule has 6 heteroatoms. The molecule has 1 N–H and O–H groups in total. The van der Waals surface area contributed by atoms with Crippen LogP contribution in [0.4, 0.5) is 4.39 Å². The lowest BCUT2D eigenvalue weighted by molar-refractivity contribution is 0.0954. The molecule has 128 valence electrons. The monoisotopic (exact) mass is 356 g/mol. The van der Waals surface area contributed by atoms with Crippen LogP contribution in [0.3, 0.4) is 0 Å². The molecule has 0 saturated heterocycles. The summed E-state index contributed by atoms with van der Waals surface area (Å²) < 4.78 is 18.9. The summed E-state index contributed by atoms with van der Waals surface area (Å²) in [4.78, 5) is 16.5. The van der Waals surface area contributed by atoms with E-state index < -0.39 is 0 Å². The van der Waals surface area contributed by atoms with Crippen molar-refractivity contribution >= 4 is 17.2 Å². The number of hydrogen-bond acceptors (Lipinski definition) is 4. The van der Waals surface area contributed by atoms with E-state index in [-0.39, 0.29) is 11.7 Å². The van der Waals surface area contributed by atoms with Crippen molar-refractivity contribution in [2.24, 2.45) is 0 Å². The summed E-state index contributed by atoms with van der Waals surface area (Å²) >= 11 is 1.40. The topological polar surface area (TPSA) is 51.2 Å². The number of hydrogen-bond donors (Lipinski definition) is 1. The Morgan fingerprint density at radius 1 is 1.20 bits per heavy atom. The molecule has 3 aromatic rings. The zero-order valence-corrected chi connectivity index (χ0v) is 14.5. The molecule has 0 aliphatic carbocycles. The molecular weight excluding hydrogens is 339 g/mol. The summed E-state index contributed by atoms with van der Waals surface area (Å²) in [7, 11) is 1.58. The Morgan fingerprint density at radius 2 is 1.96 bits per heavy atom. The maximum Gasteiger partial charge on any atom is 0.251 e. The molecule has 2 aromatic carbocycles. The number of ether oxygens (including phenoxy) is 1. The number of halogens is 1. The van der Waals surface area contributed by atoms with Gasteiger partial charge in [0.2, 0.25) is 0 Å². The molecule has 0 aliphatic heterocycles. The van der Waals surface area contributed by atoms with Gasteiger partial charge in [-0.3, -0.25) is 4.79 Å². The molecule has 0 unspecified atom stereocenters. The summed E-state index contributed by atoms with van der Waals surface area (Å²) in [5, 5.41) is 5.39. The van der Waals surface area contributed by atoms with Gasteiger partial charge in [0, 0.05) is 29.5 Å². The van der Waals surface area contributed by atoms with Crippen molar-refractivity contribution in [3.63, 3.8) is 0 Å². The molecule has 25 heavy (non-hydrogen) atoms. The van der Waals surface area contributed by atoms with Crippen LogP contribution in [0.5, 0.6) is 5.75 Å². The number of carbonyl (C=O) groups is 1. The maximum atomic E-state index is 13.8. The fourth-order valence-corrected chi connectivity index (χ4v) is 3.21. The zero-order chi connectivity index (χ0) is 17.6. The van der Waals surface area contributed by atoms with Gasteiger partial charge < -0.3 is 10.1 Å². The Hall–Kier alpha value is -2.73. The number of nitrogens with one attached hydrogen (secondary N) is 1. The van der Waals surface area contributed by atoms with Crippen molar-refractivity contribution in [1.82, 2.24) is 10.3 Å². The number of benzene rings is 2. The Morgan fingerprint density at radius 3 is 2.68 bits per heavy atom. The highest BCUT2D eigenvalue weighted by Gasteiger charge is 2.10. The highest BCUT2D eigenvalue weighted by atomic mass is 32.1. The molecule has 3 rings (SSSR count). The molecule has 0 saturated carbocycles. The molecule has 0 spiro atoms. The van der Waals surface area contributed by atoms with E-state index in [0.29, 0.717) is 34.8 Å². The van der Waals surface area contributed by atoms with Crippen LogP contribution < -0.4 is 10.1 Å². The fourth-order valence-electron chi connectivity index (χ4n) is 2.33. The lowest BCUT2D eigenvalue weighted by Crippen LogP contribution is -2.25. The van der Waals surface area contributed by atoms with Gasteiger partial charge in [-0.25, -0.2) is 9.37 Å². The van der Waals surface area contributed by atoms with Gasteiger partial charge in [-0.2, -0.15) is 0 Å². The van der Waals surface area contributed by atoms with Gasteiger partial charge in [-0.05, 0) is 36.4 Å². The second-order valence-electron chi connectivity index (χ2n) is 5.36. The number of rotatable bonds is 6. The SMILES string of the molecule is COc1ccc(C(=O)NCCc2csc(-c3ccccc3F)n2)cc1. The van der Waals surface area contributed by atoms with Crippen LogP contribution in [0.1, 0.15) is 16.1 Å². The Labute approximate surface area is 149 Å². The Balaban J connectivity index is 1.55. The molecule has 0 atom stereocenters. The van der Waals surface area contributed by atoms with Gasteiger partial charge in [0.1, 0.15) is 16.6 Å².